The van der Waals surface area contributed by atoms with Gasteiger partial charge >= 0.3 is 0 Å². The lowest BCUT2D eigenvalue weighted by molar-refractivity contribution is 0.549. The highest BCUT2D eigenvalue weighted by atomic mass is 19.1. The third-order valence-corrected chi connectivity index (χ3v) is 3.79. The lowest BCUT2D eigenvalue weighted by atomic mass is 10.1. The predicted octanol–water partition coefficient (Wildman–Crippen LogP) is 3.81. The molecule has 0 aromatic heterocycles. The molecule has 0 aliphatic heterocycles. The quantitative estimate of drug-likeness (QED) is 0.778. The molecule has 0 spiro atoms. The Hall–Kier alpha value is -1.09. The lowest BCUT2D eigenvalue weighted by Gasteiger charge is -2.24. The van der Waals surface area contributed by atoms with Gasteiger partial charge in [0.1, 0.15) is 5.82 Å². The molecular formula is C17H27FN2. The van der Waals surface area contributed by atoms with Gasteiger partial charge in [0.25, 0.3) is 0 Å². The summed E-state index contributed by atoms with van der Waals surface area (Å²) in [4.78, 5) is 2.17. The van der Waals surface area contributed by atoms with Crippen LogP contribution < -0.4 is 10.2 Å². The van der Waals surface area contributed by atoms with Crippen molar-refractivity contribution in [3.05, 3.63) is 29.6 Å². The van der Waals surface area contributed by atoms with Crippen LogP contribution in [0.25, 0.3) is 0 Å². The predicted molar refractivity (Wildman–Crippen MR) is 83.6 cm³/mol. The molecule has 1 aromatic rings. The van der Waals surface area contributed by atoms with Gasteiger partial charge in [0, 0.05) is 19.6 Å². The van der Waals surface area contributed by atoms with E-state index < -0.39 is 0 Å². The van der Waals surface area contributed by atoms with Crippen molar-refractivity contribution < 1.29 is 4.39 Å². The smallest absolute Gasteiger partial charge is 0.146 e. The zero-order chi connectivity index (χ0) is 14.5. The summed E-state index contributed by atoms with van der Waals surface area (Å²) in [5.74, 6) is 1.31. The van der Waals surface area contributed by atoms with Gasteiger partial charge in [-0.05, 0) is 55.8 Å². The van der Waals surface area contributed by atoms with E-state index in [2.05, 4.69) is 31.0 Å². The molecule has 0 heterocycles. The van der Waals surface area contributed by atoms with Crippen LogP contribution in [0.15, 0.2) is 18.2 Å². The summed E-state index contributed by atoms with van der Waals surface area (Å²) in [7, 11) is 0. The monoisotopic (exact) mass is 278 g/mol. The highest BCUT2D eigenvalue weighted by Gasteiger charge is 2.24. The minimum Gasteiger partial charge on any atom is -0.369 e. The summed E-state index contributed by atoms with van der Waals surface area (Å²) in [6.07, 6.45) is 2.60. The number of nitrogens with one attached hydrogen (secondary N) is 1. The minimum atomic E-state index is -0.0867. The number of benzene rings is 1. The molecule has 1 aliphatic carbocycles. The number of halogens is 1. The molecule has 0 amide bonds. The summed E-state index contributed by atoms with van der Waals surface area (Å²) >= 11 is 0. The summed E-state index contributed by atoms with van der Waals surface area (Å²) < 4.78 is 14.3. The summed E-state index contributed by atoms with van der Waals surface area (Å²) in [5, 5.41) is 3.35. The van der Waals surface area contributed by atoms with Gasteiger partial charge in [-0.2, -0.15) is 0 Å². The molecule has 0 atom stereocenters. The fraction of sp³-hybridized carbons (Fsp3) is 0.647. The average molecular weight is 278 g/mol. The van der Waals surface area contributed by atoms with Gasteiger partial charge in [0.2, 0.25) is 0 Å². The summed E-state index contributed by atoms with van der Waals surface area (Å²) in [6.45, 7) is 10.0. The summed E-state index contributed by atoms with van der Waals surface area (Å²) in [6, 6.07) is 5.66. The van der Waals surface area contributed by atoms with E-state index in [-0.39, 0.29) is 5.82 Å². The molecule has 0 saturated heterocycles. The van der Waals surface area contributed by atoms with E-state index in [1.54, 1.807) is 6.07 Å². The van der Waals surface area contributed by atoms with E-state index in [1.165, 1.54) is 12.8 Å². The maximum atomic E-state index is 14.3. The van der Waals surface area contributed by atoms with Gasteiger partial charge in [-0.3, -0.25) is 0 Å². The molecule has 0 radical (unpaired) electrons. The van der Waals surface area contributed by atoms with Gasteiger partial charge in [-0.1, -0.05) is 19.9 Å². The van der Waals surface area contributed by atoms with E-state index in [9.17, 15) is 4.39 Å². The molecule has 112 valence electrons. The van der Waals surface area contributed by atoms with Gasteiger partial charge in [0.05, 0.1) is 5.69 Å². The van der Waals surface area contributed by atoms with Crippen LogP contribution in [0.5, 0.6) is 0 Å². The Morgan fingerprint density at radius 1 is 1.35 bits per heavy atom. The SMILES string of the molecule is CCN(CC1CC1)c1ccc(CNCC(C)C)cc1F. The molecule has 20 heavy (non-hydrogen) atoms. The Labute approximate surface area is 122 Å². The highest BCUT2D eigenvalue weighted by molar-refractivity contribution is 5.49. The van der Waals surface area contributed by atoms with Crippen LogP contribution in [0.3, 0.4) is 0 Å². The fourth-order valence-corrected chi connectivity index (χ4v) is 2.43. The number of nitrogens with zero attached hydrogens (tertiary/aromatic N) is 1. The van der Waals surface area contributed by atoms with E-state index >= 15 is 0 Å². The number of hydrogen-bond donors (Lipinski definition) is 1. The van der Waals surface area contributed by atoms with Crippen molar-refractivity contribution in [1.82, 2.24) is 5.32 Å². The van der Waals surface area contributed by atoms with Crippen molar-refractivity contribution in [3.8, 4) is 0 Å². The van der Waals surface area contributed by atoms with Crippen LogP contribution in [-0.4, -0.2) is 19.6 Å². The fourth-order valence-electron chi connectivity index (χ4n) is 2.43. The minimum absolute atomic E-state index is 0.0867. The molecule has 0 bridgehead atoms. The Morgan fingerprint density at radius 2 is 2.10 bits per heavy atom. The van der Waals surface area contributed by atoms with Crippen molar-refractivity contribution in [2.75, 3.05) is 24.5 Å². The Balaban J connectivity index is 1.96. The molecule has 2 nitrogen and oxygen atoms in total. The number of anilines is 1. The van der Waals surface area contributed by atoms with Gasteiger partial charge < -0.3 is 10.2 Å². The van der Waals surface area contributed by atoms with Crippen LogP contribution in [0.4, 0.5) is 10.1 Å². The zero-order valence-corrected chi connectivity index (χ0v) is 13.0. The molecule has 1 aromatic carbocycles. The van der Waals surface area contributed by atoms with Crippen LogP contribution >= 0.6 is 0 Å². The number of hydrogen-bond acceptors (Lipinski definition) is 2. The van der Waals surface area contributed by atoms with Crippen molar-refractivity contribution in [2.45, 2.75) is 40.2 Å². The van der Waals surface area contributed by atoms with Crippen molar-refractivity contribution in [1.29, 1.82) is 0 Å². The topological polar surface area (TPSA) is 15.3 Å². The Kier molecular flexibility index (Phi) is 5.41. The molecular weight excluding hydrogens is 251 g/mol. The van der Waals surface area contributed by atoms with Crippen molar-refractivity contribution in [2.24, 2.45) is 11.8 Å². The summed E-state index contributed by atoms with van der Waals surface area (Å²) in [5.41, 5.74) is 1.78. The van der Waals surface area contributed by atoms with Crippen molar-refractivity contribution in [3.63, 3.8) is 0 Å². The first-order valence-corrected chi connectivity index (χ1v) is 7.84. The Morgan fingerprint density at radius 3 is 2.65 bits per heavy atom. The second kappa shape index (κ2) is 7.07. The van der Waals surface area contributed by atoms with Crippen LogP contribution in [-0.2, 0) is 6.54 Å². The van der Waals surface area contributed by atoms with Crippen LogP contribution in [0.2, 0.25) is 0 Å². The second-order valence-corrected chi connectivity index (χ2v) is 6.29. The normalized spacial score (nSPS) is 14.8. The van der Waals surface area contributed by atoms with E-state index in [0.717, 1.165) is 43.3 Å². The van der Waals surface area contributed by atoms with Crippen LogP contribution in [0, 0.1) is 17.7 Å². The maximum absolute atomic E-state index is 14.3. The molecule has 3 heteroatoms. The largest absolute Gasteiger partial charge is 0.369 e. The average Bonchev–Trinajstić information content (AvgIpc) is 3.20. The number of rotatable bonds is 8. The highest BCUT2D eigenvalue weighted by Crippen LogP contribution is 2.32. The first kappa shape index (κ1) is 15.3. The molecule has 1 aliphatic rings. The maximum Gasteiger partial charge on any atom is 0.146 e. The molecule has 1 fully saturated rings. The van der Waals surface area contributed by atoms with E-state index in [0.29, 0.717) is 5.92 Å². The first-order valence-electron chi connectivity index (χ1n) is 7.84. The van der Waals surface area contributed by atoms with Gasteiger partial charge in [0.15, 0.2) is 0 Å². The lowest BCUT2D eigenvalue weighted by Crippen LogP contribution is -2.26. The molecule has 1 saturated carbocycles. The Bertz CT molecular complexity index is 427. The first-order chi connectivity index (χ1) is 9.60. The zero-order valence-electron chi connectivity index (χ0n) is 13.0. The van der Waals surface area contributed by atoms with Crippen LogP contribution in [0.1, 0.15) is 39.2 Å². The second-order valence-electron chi connectivity index (χ2n) is 6.29. The van der Waals surface area contributed by atoms with E-state index in [4.69, 9.17) is 0 Å². The van der Waals surface area contributed by atoms with Gasteiger partial charge in [-0.15, -0.1) is 0 Å². The molecule has 1 N–H and O–H groups in total. The molecule has 2 rings (SSSR count). The standard InChI is InChI=1S/C17H27FN2/c1-4-20(12-14-5-6-14)17-8-7-15(9-16(17)18)11-19-10-13(2)3/h7-9,13-14,19H,4-6,10-12H2,1-3H3. The third kappa shape index (κ3) is 4.48. The van der Waals surface area contributed by atoms with Gasteiger partial charge in [-0.25, -0.2) is 4.39 Å². The van der Waals surface area contributed by atoms with E-state index in [1.807, 2.05) is 12.1 Å². The molecule has 0 unspecified atom stereocenters. The third-order valence-electron chi connectivity index (χ3n) is 3.79. The van der Waals surface area contributed by atoms with Crippen molar-refractivity contribution >= 4 is 5.69 Å².